The third kappa shape index (κ3) is 2.25. The molecule has 0 aliphatic carbocycles. The number of benzene rings is 5. The zero-order valence-corrected chi connectivity index (χ0v) is 19.5. The van der Waals surface area contributed by atoms with Crippen LogP contribution in [-0.4, -0.2) is 13.1 Å². The molecule has 0 atom stereocenters. The summed E-state index contributed by atoms with van der Waals surface area (Å²) in [6.07, 6.45) is 2.00. The minimum Gasteiger partial charge on any atom is -0.256 e. The number of aryl methyl sites for hydroxylation is 1. The number of hydrogen-bond acceptors (Lipinski definition) is 1. The van der Waals surface area contributed by atoms with Crippen molar-refractivity contribution in [3.63, 3.8) is 0 Å². The molecule has 0 radical (unpaired) electrons. The van der Waals surface area contributed by atoms with Gasteiger partial charge in [-0.25, -0.2) is 0 Å². The first-order valence-corrected chi connectivity index (χ1v) is 14.3. The van der Waals surface area contributed by atoms with Crippen molar-refractivity contribution in [2.75, 3.05) is 0 Å². The Bertz CT molecular complexity index is 1760. The predicted molar refractivity (Wildman–Crippen MR) is 141 cm³/mol. The Balaban J connectivity index is 1.71. The van der Waals surface area contributed by atoms with Gasteiger partial charge in [-0.15, -0.1) is 0 Å². The Kier molecular flexibility index (Phi) is 3.43. The summed E-state index contributed by atoms with van der Waals surface area (Å²) in [5, 5.41) is 13.7. The van der Waals surface area contributed by atoms with Crippen LogP contribution in [0.3, 0.4) is 0 Å². The van der Waals surface area contributed by atoms with Gasteiger partial charge in [0, 0.05) is 17.1 Å². The molecule has 0 saturated carbocycles. The van der Waals surface area contributed by atoms with Crippen LogP contribution in [0.15, 0.2) is 85.1 Å². The minimum atomic E-state index is -1.94. The van der Waals surface area contributed by atoms with Crippen LogP contribution >= 0.6 is 0 Å². The normalized spacial score (nSPS) is 14.3. The molecular formula is C30H23NSi. The summed E-state index contributed by atoms with van der Waals surface area (Å²) in [6, 6.07) is 29.7. The van der Waals surface area contributed by atoms with Gasteiger partial charge in [0.05, 0.1) is 5.69 Å². The second-order valence-electron chi connectivity index (χ2n) is 9.76. The Hall–Kier alpha value is -3.49. The van der Waals surface area contributed by atoms with E-state index in [1.165, 1.54) is 64.6 Å². The van der Waals surface area contributed by atoms with Crippen LogP contribution in [0.1, 0.15) is 5.56 Å². The Morgan fingerprint density at radius 1 is 0.625 bits per heavy atom. The number of nitrogens with zero attached hydrogens (tertiary/aromatic N) is 1. The second-order valence-corrected chi connectivity index (χ2v) is 14.1. The molecule has 0 fully saturated rings. The predicted octanol–water partition coefficient (Wildman–Crippen LogP) is 6.81. The molecular weight excluding hydrogens is 402 g/mol. The largest absolute Gasteiger partial charge is 0.256 e. The van der Waals surface area contributed by atoms with Gasteiger partial charge >= 0.3 is 0 Å². The first kappa shape index (κ1) is 18.1. The van der Waals surface area contributed by atoms with Crippen LogP contribution in [0.2, 0.25) is 13.1 Å². The van der Waals surface area contributed by atoms with Gasteiger partial charge in [0.15, 0.2) is 0 Å². The van der Waals surface area contributed by atoms with Crippen LogP contribution in [0.25, 0.3) is 54.3 Å². The number of aromatic nitrogens is 1. The van der Waals surface area contributed by atoms with E-state index in [-0.39, 0.29) is 0 Å². The molecule has 2 heterocycles. The van der Waals surface area contributed by atoms with Gasteiger partial charge in [0.25, 0.3) is 0 Å². The molecule has 0 unspecified atom stereocenters. The number of fused-ring (bicyclic) bond motifs is 7. The summed E-state index contributed by atoms with van der Waals surface area (Å²) in [7, 11) is -1.94. The highest BCUT2D eigenvalue weighted by molar-refractivity contribution is 7.03. The Morgan fingerprint density at radius 2 is 1.41 bits per heavy atom. The van der Waals surface area contributed by atoms with Crippen molar-refractivity contribution in [3.8, 4) is 11.3 Å². The fourth-order valence-corrected chi connectivity index (χ4v) is 8.87. The molecule has 6 aromatic rings. The third-order valence-corrected chi connectivity index (χ3v) is 11.0. The molecule has 152 valence electrons. The standard InChI is InChI=1S/C30H23NSi/c1-18-8-9-19-10-11-22-23-12-13-31-30-26-15-20-6-4-5-7-21(20)16-27(26)32(2,3)28(29(23)30)17-25(22)24(19)14-18/h4-17H,1-3H3. The van der Waals surface area contributed by atoms with Gasteiger partial charge in [-0.2, -0.15) is 0 Å². The molecule has 1 aliphatic heterocycles. The molecule has 1 aliphatic rings. The lowest BCUT2D eigenvalue weighted by Gasteiger charge is -2.34. The highest BCUT2D eigenvalue weighted by atomic mass is 28.3. The van der Waals surface area contributed by atoms with Crippen molar-refractivity contribution in [1.29, 1.82) is 0 Å². The van der Waals surface area contributed by atoms with Crippen molar-refractivity contribution >= 4 is 61.5 Å². The molecule has 7 rings (SSSR count). The van der Waals surface area contributed by atoms with Crippen LogP contribution in [0.4, 0.5) is 0 Å². The first-order valence-electron chi connectivity index (χ1n) is 11.3. The van der Waals surface area contributed by atoms with Gasteiger partial charge in [-0.3, -0.25) is 4.98 Å². The smallest absolute Gasteiger partial charge is 0.114 e. The van der Waals surface area contributed by atoms with Crippen molar-refractivity contribution in [1.82, 2.24) is 4.98 Å². The van der Waals surface area contributed by atoms with E-state index in [2.05, 4.69) is 98.9 Å². The van der Waals surface area contributed by atoms with E-state index >= 15 is 0 Å². The highest BCUT2D eigenvalue weighted by Crippen LogP contribution is 2.38. The fraction of sp³-hybridized carbons (Fsp3) is 0.100. The van der Waals surface area contributed by atoms with Gasteiger partial charge in [0.2, 0.25) is 0 Å². The van der Waals surface area contributed by atoms with Crippen molar-refractivity contribution in [3.05, 3.63) is 90.6 Å². The van der Waals surface area contributed by atoms with Crippen molar-refractivity contribution < 1.29 is 0 Å². The van der Waals surface area contributed by atoms with Gasteiger partial charge in [-0.05, 0) is 67.1 Å². The summed E-state index contributed by atoms with van der Waals surface area (Å²) in [5.41, 5.74) is 3.79. The van der Waals surface area contributed by atoms with Crippen LogP contribution in [0.5, 0.6) is 0 Å². The van der Waals surface area contributed by atoms with Crippen LogP contribution in [0, 0.1) is 6.92 Å². The maximum Gasteiger partial charge on any atom is 0.114 e. The van der Waals surface area contributed by atoms with E-state index in [0.717, 1.165) is 5.69 Å². The van der Waals surface area contributed by atoms with E-state index in [9.17, 15) is 0 Å². The van der Waals surface area contributed by atoms with Crippen molar-refractivity contribution in [2.24, 2.45) is 0 Å². The van der Waals surface area contributed by atoms with Gasteiger partial charge in [0.1, 0.15) is 8.07 Å². The molecule has 0 amide bonds. The van der Waals surface area contributed by atoms with Crippen LogP contribution in [-0.2, 0) is 0 Å². The average molecular weight is 426 g/mol. The van der Waals surface area contributed by atoms with E-state index < -0.39 is 8.07 Å². The molecule has 5 aromatic carbocycles. The lowest BCUT2D eigenvalue weighted by molar-refractivity contribution is 1.36. The maximum atomic E-state index is 4.96. The number of pyridine rings is 1. The van der Waals surface area contributed by atoms with Gasteiger partial charge in [-0.1, -0.05) is 85.4 Å². The molecule has 0 saturated heterocycles. The maximum absolute atomic E-state index is 4.96. The molecule has 0 bridgehead atoms. The van der Waals surface area contributed by atoms with E-state index in [4.69, 9.17) is 4.98 Å². The van der Waals surface area contributed by atoms with Crippen LogP contribution < -0.4 is 10.4 Å². The van der Waals surface area contributed by atoms with Gasteiger partial charge < -0.3 is 0 Å². The summed E-state index contributed by atoms with van der Waals surface area (Å²) >= 11 is 0. The molecule has 1 aromatic heterocycles. The second kappa shape index (κ2) is 6.05. The number of rotatable bonds is 0. The quantitative estimate of drug-likeness (QED) is 0.192. The van der Waals surface area contributed by atoms with E-state index in [1.807, 2.05) is 6.20 Å². The zero-order valence-electron chi connectivity index (χ0n) is 18.5. The molecule has 32 heavy (non-hydrogen) atoms. The minimum absolute atomic E-state index is 1.15. The average Bonchev–Trinajstić information content (AvgIpc) is 2.81. The summed E-state index contributed by atoms with van der Waals surface area (Å²) in [5.74, 6) is 0. The third-order valence-electron chi connectivity index (χ3n) is 7.51. The van der Waals surface area contributed by atoms with Crippen molar-refractivity contribution in [2.45, 2.75) is 20.0 Å². The summed E-state index contributed by atoms with van der Waals surface area (Å²) < 4.78 is 0. The fourth-order valence-electron chi connectivity index (χ4n) is 5.82. The molecule has 2 heteroatoms. The zero-order chi connectivity index (χ0) is 21.6. The lowest BCUT2D eigenvalue weighted by atomic mass is 9.93. The molecule has 0 N–H and O–H groups in total. The lowest BCUT2D eigenvalue weighted by Crippen LogP contribution is -2.56. The molecule has 1 nitrogen and oxygen atoms in total. The number of hydrogen-bond donors (Lipinski definition) is 0. The first-order chi connectivity index (χ1) is 15.5. The topological polar surface area (TPSA) is 12.9 Å². The highest BCUT2D eigenvalue weighted by Gasteiger charge is 2.37. The summed E-state index contributed by atoms with van der Waals surface area (Å²) in [6.45, 7) is 7.20. The SMILES string of the molecule is Cc1ccc2ccc3c4ccnc5c4c(cc3c2c1)[Si](C)(C)c1cc2ccccc2cc1-5. The Morgan fingerprint density at radius 3 is 2.25 bits per heavy atom. The van der Waals surface area contributed by atoms with E-state index in [0.29, 0.717) is 0 Å². The van der Waals surface area contributed by atoms with E-state index in [1.54, 1.807) is 0 Å². The molecule has 0 spiro atoms. The Labute approximate surface area is 188 Å². The summed E-state index contributed by atoms with van der Waals surface area (Å²) in [4.78, 5) is 4.96. The monoisotopic (exact) mass is 425 g/mol.